The molecule has 0 radical (unpaired) electrons. The van der Waals surface area contributed by atoms with Crippen molar-refractivity contribution in [2.45, 2.75) is 32.2 Å². The highest BCUT2D eigenvalue weighted by molar-refractivity contribution is 7.71. The minimum Gasteiger partial charge on any atom is -0.294 e. The number of nitrogens with zero attached hydrogens (tertiary/aromatic N) is 3. The molecule has 2 heterocycles. The number of piperidine rings is 1. The van der Waals surface area contributed by atoms with Crippen LogP contribution < -0.4 is 0 Å². The van der Waals surface area contributed by atoms with E-state index in [1.54, 1.807) is 0 Å². The molecule has 2 aromatic rings. The number of aromatic nitrogens is 3. The summed E-state index contributed by atoms with van der Waals surface area (Å²) in [5, 5.41) is 8.11. The van der Waals surface area contributed by atoms with Crippen molar-refractivity contribution in [2.24, 2.45) is 0 Å². The lowest BCUT2D eigenvalue weighted by atomic mass is 10.1. The lowest BCUT2D eigenvalue weighted by molar-refractivity contribution is 0.167. The second kappa shape index (κ2) is 6.30. The van der Waals surface area contributed by atoms with Gasteiger partial charge in [-0.1, -0.05) is 18.0 Å². The first-order valence-corrected chi connectivity index (χ1v) is 8.13. The molecule has 1 aromatic carbocycles. The van der Waals surface area contributed by atoms with Gasteiger partial charge in [0.25, 0.3) is 0 Å². The number of H-pyrrole nitrogens is 1. The first kappa shape index (κ1) is 14.8. The number of rotatable bonds is 3. The van der Waals surface area contributed by atoms with Gasteiger partial charge >= 0.3 is 0 Å². The SMILES string of the molecule is C[C@@H](c1n[nH]c(=S)n1-c1ccc(Cl)cc1)N1CCCCC1. The van der Waals surface area contributed by atoms with Gasteiger partial charge in [-0.05, 0) is 69.3 Å². The molecule has 1 saturated heterocycles. The molecule has 1 aromatic heterocycles. The van der Waals surface area contributed by atoms with Gasteiger partial charge in [0, 0.05) is 10.7 Å². The van der Waals surface area contributed by atoms with Crippen LogP contribution in [0, 0.1) is 4.77 Å². The highest BCUT2D eigenvalue weighted by atomic mass is 35.5. The van der Waals surface area contributed by atoms with E-state index in [1.165, 1.54) is 19.3 Å². The molecule has 112 valence electrons. The molecule has 1 aliphatic heterocycles. The van der Waals surface area contributed by atoms with Crippen molar-refractivity contribution in [3.05, 3.63) is 39.9 Å². The van der Waals surface area contributed by atoms with Gasteiger partial charge in [0.05, 0.1) is 6.04 Å². The monoisotopic (exact) mass is 322 g/mol. The molecular formula is C15H19ClN4S. The maximum absolute atomic E-state index is 5.97. The number of benzene rings is 1. The van der Waals surface area contributed by atoms with E-state index in [1.807, 2.05) is 28.8 Å². The van der Waals surface area contributed by atoms with Crippen LogP contribution in [0.5, 0.6) is 0 Å². The van der Waals surface area contributed by atoms with Crippen LogP contribution >= 0.6 is 23.8 Å². The van der Waals surface area contributed by atoms with Crippen LogP contribution in [-0.4, -0.2) is 32.8 Å². The molecule has 1 fully saturated rings. The minimum absolute atomic E-state index is 0.244. The molecule has 3 rings (SSSR count). The van der Waals surface area contributed by atoms with E-state index in [9.17, 15) is 0 Å². The zero-order valence-corrected chi connectivity index (χ0v) is 13.6. The van der Waals surface area contributed by atoms with Gasteiger partial charge in [0.1, 0.15) is 0 Å². The summed E-state index contributed by atoms with van der Waals surface area (Å²) in [5.74, 6) is 0.962. The average Bonchev–Trinajstić information content (AvgIpc) is 2.90. The Morgan fingerprint density at radius 1 is 1.19 bits per heavy atom. The molecule has 21 heavy (non-hydrogen) atoms. The fraction of sp³-hybridized carbons (Fsp3) is 0.467. The van der Waals surface area contributed by atoms with Crippen molar-refractivity contribution in [1.29, 1.82) is 0 Å². The normalized spacial score (nSPS) is 17.8. The number of hydrogen-bond acceptors (Lipinski definition) is 3. The second-order valence-corrected chi connectivity index (χ2v) is 6.29. The van der Waals surface area contributed by atoms with Crippen LogP contribution in [-0.2, 0) is 0 Å². The first-order chi connectivity index (χ1) is 10.2. The topological polar surface area (TPSA) is 36.9 Å². The molecule has 4 nitrogen and oxygen atoms in total. The van der Waals surface area contributed by atoms with E-state index >= 15 is 0 Å². The summed E-state index contributed by atoms with van der Waals surface area (Å²) in [7, 11) is 0. The third kappa shape index (κ3) is 3.05. The predicted molar refractivity (Wildman–Crippen MR) is 87.6 cm³/mol. The minimum atomic E-state index is 0.244. The highest BCUT2D eigenvalue weighted by Gasteiger charge is 2.23. The smallest absolute Gasteiger partial charge is 0.199 e. The molecule has 0 unspecified atom stereocenters. The molecule has 1 N–H and O–H groups in total. The fourth-order valence-corrected chi connectivity index (χ4v) is 3.27. The van der Waals surface area contributed by atoms with E-state index in [2.05, 4.69) is 22.0 Å². The summed E-state index contributed by atoms with van der Waals surface area (Å²) >= 11 is 11.4. The van der Waals surface area contributed by atoms with Gasteiger partial charge in [-0.2, -0.15) is 5.10 Å². The number of likely N-dealkylation sites (tertiary alicyclic amines) is 1. The molecule has 0 spiro atoms. The first-order valence-electron chi connectivity index (χ1n) is 7.34. The third-order valence-corrected chi connectivity index (χ3v) is 4.62. The Hall–Kier alpha value is -1.17. The van der Waals surface area contributed by atoms with E-state index in [4.69, 9.17) is 23.8 Å². The van der Waals surface area contributed by atoms with E-state index < -0.39 is 0 Å². The molecule has 0 bridgehead atoms. The van der Waals surface area contributed by atoms with Crippen LogP contribution in [0.4, 0.5) is 0 Å². The van der Waals surface area contributed by atoms with Crippen molar-refractivity contribution < 1.29 is 0 Å². The molecule has 0 aliphatic carbocycles. The molecule has 6 heteroatoms. The van der Waals surface area contributed by atoms with Crippen molar-refractivity contribution in [2.75, 3.05) is 13.1 Å². The number of halogens is 1. The number of nitrogens with one attached hydrogen (secondary N) is 1. The summed E-state index contributed by atoms with van der Waals surface area (Å²) < 4.78 is 2.63. The largest absolute Gasteiger partial charge is 0.294 e. The van der Waals surface area contributed by atoms with Crippen LogP contribution in [0.15, 0.2) is 24.3 Å². The van der Waals surface area contributed by atoms with Crippen LogP contribution in [0.1, 0.15) is 38.1 Å². The van der Waals surface area contributed by atoms with Gasteiger partial charge < -0.3 is 0 Å². The quantitative estimate of drug-likeness (QED) is 0.863. The van der Waals surface area contributed by atoms with Gasteiger partial charge in [-0.25, -0.2) is 0 Å². The standard InChI is InChI=1S/C15H19ClN4S/c1-11(19-9-3-2-4-10-19)14-17-18-15(21)20(14)13-7-5-12(16)6-8-13/h5-8,11H,2-4,9-10H2,1H3,(H,18,21)/t11-/m0/s1. The summed E-state index contributed by atoms with van der Waals surface area (Å²) in [6.45, 7) is 4.45. The molecule has 0 saturated carbocycles. The van der Waals surface area contributed by atoms with Crippen molar-refractivity contribution in [3.63, 3.8) is 0 Å². The maximum atomic E-state index is 5.97. The van der Waals surface area contributed by atoms with Gasteiger partial charge in [-0.15, -0.1) is 0 Å². The average molecular weight is 323 g/mol. The van der Waals surface area contributed by atoms with Crippen molar-refractivity contribution in [3.8, 4) is 5.69 Å². The number of aromatic amines is 1. The predicted octanol–water partition coefficient (Wildman–Crippen LogP) is 4.13. The Balaban J connectivity index is 1.96. The van der Waals surface area contributed by atoms with Crippen LogP contribution in [0.2, 0.25) is 5.02 Å². The Bertz CT molecular complexity index is 655. The third-order valence-electron chi connectivity index (χ3n) is 4.10. The van der Waals surface area contributed by atoms with E-state index in [0.717, 1.165) is 29.6 Å². The number of hydrogen-bond donors (Lipinski definition) is 1. The summed E-state index contributed by atoms with van der Waals surface area (Å²) in [6, 6.07) is 7.94. The Labute approximate surface area is 134 Å². The van der Waals surface area contributed by atoms with Crippen molar-refractivity contribution >= 4 is 23.8 Å². The zero-order chi connectivity index (χ0) is 14.8. The second-order valence-electron chi connectivity index (χ2n) is 5.47. The lowest BCUT2D eigenvalue weighted by Crippen LogP contribution is -2.33. The van der Waals surface area contributed by atoms with E-state index in [0.29, 0.717) is 4.77 Å². The van der Waals surface area contributed by atoms with Crippen LogP contribution in [0.3, 0.4) is 0 Å². The lowest BCUT2D eigenvalue weighted by Gasteiger charge is -2.31. The Kier molecular flexibility index (Phi) is 4.42. The summed E-state index contributed by atoms with van der Waals surface area (Å²) in [4.78, 5) is 2.47. The fourth-order valence-electron chi connectivity index (χ4n) is 2.90. The highest BCUT2D eigenvalue weighted by Crippen LogP contribution is 2.25. The maximum Gasteiger partial charge on any atom is 0.199 e. The van der Waals surface area contributed by atoms with Gasteiger partial charge in [0.2, 0.25) is 0 Å². The Morgan fingerprint density at radius 3 is 2.52 bits per heavy atom. The Morgan fingerprint density at radius 2 is 1.86 bits per heavy atom. The summed E-state index contributed by atoms with van der Waals surface area (Å²) in [5.41, 5.74) is 0.997. The summed E-state index contributed by atoms with van der Waals surface area (Å²) in [6.07, 6.45) is 3.85. The van der Waals surface area contributed by atoms with Gasteiger partial charge in [0.15, 0.2) is 10.6 Å². The van der Waals surface area contributed by atoms with Gasteiger partial charge in [-0.3, -0.25) is 14.6 Å². The molecule has 1 aliphatic rings. The van der Waals surface area contributed by atoms with E-state index in [-0.39, 0.29) is 6.04 Å². The van der Waals surface area contributed by atoms with Crippen LogP contribution in [0.25, 0.3) is 5.69 Å². The molecule has 1 atom stereocenters. The molecule has 0 amide bonds. The van der Waals surface area contributed by atoms with Crippen molar-refractivity contribution in [1.82, 2.24) is 19.7 Å². The molecular weight excluding hydrogens is 304 g/mol. The zero-order valence-electron chi connectivity index (χ0n) is 12.1.